The number of guanidine groups is 1. The Morgan fingerprint density at radius 3 is 2.93 bits per heavy atom. The van der Waals surface area contributed by atoms with Gasteiger partial charge in [0.15, 0.2) is 17.6 Å². The molecule has 28 heavy (non-hydrogen) atoms. The molecule has 0 saturated carbocycles. The summed E-state index contributed by atoms with van der Waals surface area (Å²) in [5.41, 5.74) is 0.127. The highest BCUT2D eigenvalue weighted by Crippen LogP contribution is 2.33. The number of aromatic nitrogens is 1. The van der Waals surface area contributed by atoms with Crippen LogP contribution < -0.4 is 15.5 Å². The lowest BCUT2D eigenvalue weighted by atomic mass is 9.78. The first-order valence-corrected chi connectivity index (χ1v) is 10.3. The molecular formula is C21H34FN5O. The predicted molar refractivity (Wildman–Crippen MR) is 111 cm³/mol. The van der Waals surface area contributed by atoms with Gasteiger partial charge in [0.05, 0.1) is 6.10 Å². The Morgan fingerprint density at radius 2 is 2.21 bits per heavy atom. The second-order valence-electron chi connectivity index (χ2n) is 8.90. The lowest BCUT2D eigenvalue weighted by Crippen LogP contribution is -2.49. The van der Waals surface area contributed by atoms with E-state index in [2.05, 4.69) is 41.4 Å². The Kier molecular flexibility index (Phi) is 6.75. The van der Waals surface area contributed by atoms with Gasteiger partial charge in [-0.05, 0) is 36.8 Å². The van der Waals surface area contributed by atoms with Crippen LogP contribution in [-0.2, 0) is 4.74 Å². The largest absolute Gasteiger partial charge is 0.377 e. The maximum Gasteiger partial charge on any atom is 0.191 e. The van der Waals surface area contributed by atoms with E-state index in [0.717, 1.165) is 38.5 Å². The fraction of sp³-hybridized carbons (Fsp3) is 0.714. The zero-order valence-corrected chi connectivity index (χ0v) is 17.5. The quantitative estimate of drug-likeness (QED) is 0.610. The van der Waals surface area contributed by atoms with Crippen LogP contribution in [0.15, 0.2) is 23.3 Å². The molecule has 0 radical (unpaired) electrons. The average molecular weight is 392 g/mol. The van der Waals surface area contributed by atoms with Crippen LogP contribution in [0.2, 0.25) is 0 Å². The van der Waals surface area contributed by atoms with Gasteiger partial charge in [-0.1, -0.05) is 20.8 Å². The van der Waals surface area contributed by atoms with E-state index in [4.69, 9.17) is 4.74 Å². The van der Waals surface area contributed by atoms with Gasteiger partial charge in [0, 0.05) is 51.4 Å². The van der Waals surface area contributed by atoms with Gasteiger partial charge in [0.2, 0.25) is 0 Å². The molecule has 3 heterocycles. The molecule has 0 aliphatic carbocycles. The van der Waals surface area contributed by atoms with Gasteiger partial charge in [0.1, 0.15) is 0 Å². The molecule has 3 atom stereocenters. The number of ether oxygens (including phenoxy) is 1. The Labute approximate surface area is 168 Å². The van der Waals surface area contributed by atoms with Crippen molar-refractivity contribution < 1.29 is 9.13 Å². The lowest BCUT2D eigenvalue weighted by molar-refractivity contribution is -0.0835. The van der Waals surface area contributed by atoms with E-state index in [-0.39, 0.29) is 23.4 Å². The number of rotatable bonds is 4. The topological polar surface area (TPSA) is 61.8 Å². The van der Waals surface area contributed by atoms with Crippen molar-refractivity contribution in [2.75, 3.05) is 38.2 Å². The minimum Gasteiger partial charge on any atom is -0.377 e. The van der Waals surface area contributed by atoms with E-state index in [1.807, 2.05) is 4.90 Å². The molecule has 3 unspecified atom stereocenters. The molecule has 2 aliphatic rings. The van der Waals surface area contributed by atoms with Gasteiger partial charge >= 0.3 is 0 Å². The Morgan fingerprint density at radius 1 is 1.39 bits per heavy atom. The van der Waals surface area contributed by atoms with E-state index < -0.39 is 0 Å². The summed E-state index contributed by atoms with van der Waals surface area (Å²) >= 11 is 0. The van der Waals surface area contributed by atoms with Crippen molar-refractivity contribution in [3.05, 3.63) is 24.1 Å². The van der Waals surface area contributed by atoms with Crippen molar-refractivity contribution in [2.45, 2.75) is 52.2 Å². The van der Waals surface area contributed by atoms with E-state index in [0.29, 0.717) is 18.3 Å². The number of nitrogens with one attached hydrogen (secondary N) is 2. The number of halogens is 1. The first kappa shape index (κ1) is 20.8. The molecule has 2 N–H and O–H groups in total. The smallest absolute Gasteiger partial charge is 0.191 e. The van der Waals surface area contributed by atoms with Crippen LogP contribution in [0.5, 0.6) is 0 Å². The van der Waals surface area contributed by atoms with Crippen molar-refractivity contribution in [3.63, 3.8) is 0 Å². The first-order valence-electron chi connectivity index (χ1n) is 10.3. The standard InChI is InChI=1S/C21H34FN5O/c1-21(2,3)18-15(7-6-12-28-18)13-25-20(23-4)26-16-9-11-27(14-16)19-17(22)8-5-10-24-19/h5,8,10,15-16,18H,6-7,9,11-14H2,1-4H3,(H2,23,25,26). The van der Waals surface area contributed by atoms with Crippen molar-refractivity contribution in [3.8, 4) is 0 Å². The molecule has 7 heteroatoms. The van der Waals surface area contributed by atoms with Crippen LogP contribution in [0.25, 0.3) is 0 Å². The fourth-order valence-corrected chi connectivity index (χ4v) is 4.31. The third-order valence-electron chi connectivity index (χ3n) is 5.62. The number of aliphatic imine (C=N–C) groups is 1. The second-order valence-corrected chi connectivity index (χ2v) is 8.90. The zero-order valence-electron chi connectivity index (χ0n) is 17.5. The maximum absolute atomic E-state index is 14.0. The van der Waals surface area contributed by atoms with Gasteiger partial charge in [-0.25, -0.2) is 9.37 Å². The SMILES string of the molecule is CN=C(NCC1CCCOC1C(C)(C)C)NC1CCN(c2ncccc2F)C1. The second kappa shape index (κ2) is 9.07. The minimum absolute atomic E-state index is 0.127. The van der Waals surface area contributed by atoms with Crippen molar-refractivity contribution >= 4 is 11.8 Å². The summed E-state index contributed by atoms with van der Waals surface area (Å²) in [4.78, 5) is 10.6. The van der Waals surface area contributed by atoms with Gasteiger partial charge in [-0.15, -0.1) is 0 Å². The van der Waals surface area contributed by atoms with E-state index in [1.165, 1.54) is 12.5 Å². The van der Waals surface area contributed by atoms with E-state index in [9.17, 15) is 4.39 Å². The molecule has 156 valence electrons. The Bertz CT molecular complexity index is 675. The summed E-state index contributed by atoms with van der Waals surface area (Å²) < 4.78 is 20.1. The Balaban J connectivity index is 1.52. The highest BCUT2D eigenvalue weighted by Gasteiger charge is 2.35. The molecule has 1 aromatic rings. The summed E-state index contributed by atoms with van der Waals surface area (Å²) in [7, 11) is 1.79. The Hall–Kier alpha value is -1.89. The van der Waals surface area contributed by atoms with Crippen molar-refractivity contribution in [1.82, 2.24) is 15.6 Å². The third kappa shape index (κ3) is 5.13. The van der Waals surface area contributed by atoms with E-state index >= 15 is 0 Å². The van der Waals surface area contributed by atoms with Crippen molar-refractivity contribution in [2.24, 2.45) is 16.3 Å². The summed E-state index contributed by atoms with van der Waals surface area (Å²) in [5, 5.41) is 6.97. The van der Waals surface area contributed by atoms with E-state index in [1.54, 1.807) is 19.3 Å². The molecule has 0 bridgehead atoms. The van der Waals surface area contributed by atoms with Crippen LogP contribution in [0, 0.1) is 17.2 Å². The minimum atomic E-state index is -0.267. The zero-order chi connectivity index (χ0) is 20.1. The van der Waals surface area contributed by atoms with Gasteiger partial charge < -0.3 is 20.3 Å². The average Bonchev–Trinajstić information content (AvgIpc) is 3.13. The summed E-state index contributed by atoms with van der Waals surface area (Å²) in [6, 6.07) is 3.30. The van der Waals surface area contributed by atoms with Gasteiger partial charge in [0.25, 0.3) is 0 Å². The predicted octanol–water partition coefficient (Wildman–Crippen LogP) is 2.81. The van der Waals surface area contributed by atoms with Crippen LogP contribution >= 0.6 is 0 Å². The number of anilines is 1. The van der Waals surface area contributed by atoms with Crippen LogP contribution in [0.3, 0.4) is 0 Å². The number of hydrogen-bond donors (Lipinski definition) is 2. The molecule has 0 amide bonds. The fourth-order valence-electron chi connectivity index (χ4n) is 4.31. The molecule has 1 aromatic heterocycles. The number of nitrogens with zero attached hydrogens (tertiary/aromatic N) is 3. The molecule has 0 aromatic carbocycles. The molecular weight excluding hydrogens is 357 g/mol. The van der Waals surface area contributed by atoms with Crippen LogP contribution in [-0.4, -0.2) is 56.4 Å². The lowest BCUT2D eigenvalue weighted by Gasteiger charge is -2.40. The third-order valence-corrected chi connectivity index (χ3v) is 5.62. The van der Waals surface area contributed by atoms with Crippen molar-refractivity contribution in [1.29, 1.82) is 0 Å². The molecule has 3 rings (SSSR count). The number of hydrogen-bond acceptors (Lipinski definition) is 4. The van der Waals surface area contributed by atoms with Gasteiger partial charge in [-0.2, -0.15) is 0 Å². The molecule has 2 saturated heterocycles. The summed E-state index contributed by atoms with van der Waals surface area (Å²) in [6.07, 6.45) is 5.09. The molecule has 2 aliphatic heterocycles. The molecule has 2 fully saturated rings. The summed E-state index contributed by atoms with van der Waals surface area (Å²) in [5.74, 6) is 1.43. The normalized spacial score (nSPS) is 26.4. The summed E-state index contributed by atoms with van der Waals surface area (Å²) in [6.45, 7) is 9.92. The van der Waals surface area contributed by atoms with Crippen LogP contribution in [0.1, 0.15) is 40.0 Å². The monoisotopic (exact) mass is 391 g/mol. The first-order chi connectivity index (χ1) is 13.4. The number of pyridine rings is 1. The maximum atomic E-state index is 14.0. The van der Waals surface area contributed by atoms with Crippen LogP contribution in [0.4, 0.5) is 10.2 Å². The molecule has 6 nitrogen and oxygen atoms in total. The highest BCUT2D eigenvalue weighted by molar-refractivity contribution is 5.80. The highest BCUT2D eigenvalue weighted by atomic mass is 19.1. The molecule has 0 spiro atoms. The van der Waals surface area contributed by atoms with Gasteiger partial charge in [-0.3, -0.25) is 4.99 Å².